The van der Waals surface area contributed by atoms with Gasteiger partial charge in [-0.2, -0.15) is 0 Å². The number of carbonyl (C=O) groups is 1. The molecule has 2 aliphatic rings. The first-order valence-electron chi connectivity index (χ1n) is 6.25. The van der Waals surface area contributed by atoms with Crippen LogP contribution in [0.15, 0.2) is 10.6 Å². The first kappa shape index (κ1) is 10.8. The van der Waals surface area contributed by atoms with E-state index in [1.54, 1.807) is 6.07 Å². The summed E-state index contributed by atoms with van der Waals surface area (Å²) in [6.07, 6.45) is 4.61. The van der Waals surface area contributed by atoms with E-state index in [-0.39, 0.29) is 11.9 Å². The van der Waals surface area contributed by atoms with Gasteiger partial charge in [0.2, 0.25) is 0 Å². The molecule has 1 amide bonds. The molecule has 2 fully saturated rings. The van der Waals surface area contributed by atoms with Crippen LogP contribution in [0.1, 0.15) is 47.8 Å². The zero-order valence-electron chi connectivity index (χ0n) is 9.69. The fourth-order valence-corrected chi connectivity index (χ4v) is 2.07. The number of rotatable bonds is 5. The average Bonchev–Trinajstić information content (AvgIpc) is 3.25. The van der Waals surface area contributed by atoms with Crippen LogP contribution in [0.2, 0.25) is 0 Å². The van der Waals surface area contributed by atoms with Gasteiger partial charge in [-0.25, -0.2) is 0 Å². The molecule has 1 unspecified atom stereocenters. The third kappa shape index (κ3) is 2.34. The molecule has 0 aromatic carbocycles. The second-order valence-electron chi connectivity index (χ2n) is 5.04. The molecule has 0 spiro atoms. The molecule has 2 saturated carbocycles. The average molecular weight is 235 g/mol. The van der Waals surface area contributed by atoms with E-state index in [1.165, 1.54) is 0 Å². The molecule has 17 heavy (non-hydrogen) atoms. The van der Waals surface area contributed by atoms with Crippen LogP contribution in [0.25, 0.3) is 0 Å². The standard InChI is InChI=1S/C12H17N3O2/c13-6-10(7-1-2-7)14-12(16)9-5-11(17-15-9)8-3-4-8/h5,7-8,10H,1-4,6,13H2,(H,14,16). The lowest BCUT2D eigenvalue weighted by atomic mass is 10.2. The minimum atomic E-state index is -0.164. The molecule has 3 N–H and O–H groups in total. The van der Waals surface area contributed by atoms with Crippen LogP contribution in [-0.2, 0) is 0 Å². The van der Waals surface area contributed by atoms with Crippen LogP contribution in [0, 0.1) is 5.92 Å². The Morgan fingerprint density at radius 3 is 2.88 bits per heavy atom. The van der Waals surface area contributed by atoms with Crippen molar-refractivity contribution >= 4 is 5.91 Å². The molecule has 1 heterocycles. The quantitative estimate of drug-likeness (QED) is 0.798. The predicted octanol–water partition coefficient (Wildman–Crippen LogP) is 1.02. The zero-order chi connectivity index (χ0) is 11.8. The van der Waals surface area contributed by atoms with Gasteiger partial charge in [0, 0.05) is 24.6 Å². The Balaban J connectivity index is 1.63. The highest BCUT2D eigenvalue weighted by atomic mass is 16.5. The third-order valence-corrected chi connectivity index (χ3v) is 3.50. The van der Waals surface area contributed by atoms with Crippen molar-refractivity contribution < 1.29 is 9.32 Å². The molecular weight excluding hydrogens is 218 g/mol. The summed E-state index contributed by atoms with van der Waals surface area (Å²) in [5, 5.41) is 6.75. The Morgan fingerprint density at radius 1 is 1.53 bits per heavy atom. The van der Waals surface area contributed by atoms with E-state index in [9.17, 15) is 4.79 Å². The molecule has 92 valence electrons. The first-order chi connectivity index (χ1) is 8.28. The number of hydrogen-bond donors (Lipinski definition) is 2. The predicted molar refractivity (Wildman–Crippen MR) is 61.5 cm³/mol. The molecule has 1 aromatic heterocycles. The Hall–Kier alpha value is -1.36. The van der Waals surface area contributed by atoms with Gasteiger partial charge in [-0.3, -0.25) is 4.79 Å². The van der Waals surface area contributed by atoms with Crippen molar-refractivity contribution in [2.75, 3.05) is 6.54 Å². The summed E-state index contributed by atoms with van der Waals surface area (Å²) in [5.74, 6) is 1.71. The van der Waals surface area contributed by atoms with Crippen LogP contribution in [0.5, 0.6) is 0 Å². The lowest BCUT2D eigenvalue weighted by Crippen LogP contribution is -2.41. The second-order valence-corrected chi connectivity index (χ2v) is 5.04. The van der Waals surface area contributed by atoms with Crippen LogP contribution in [-0.4, -0.2) is 23.7 Å². The highest BCUT2D eigenvalue weighted by Gasteiger charge is 2.33. The van der Waals surface area contributed by atoms with Crippen LogP contribution >= 0.6 is 0 Å². The molecule has 1 aromatic rings. The van der Waals surface area contributed by atoms with Crippen LogP contribution < -0.4 is 11.1 Å². The van der Waals surface area contributed by atoms with Crippen molar-refractivity contribution in [3.63, 3.8) is 0 Å². The van der Waals surface area contributed by atoms with Gasteiger partial charge in [0.25, 0.3) is 5.91 Å². The molecule has 5 nitrogen and oxygen atoms in total. The van der Waals surface area contributed by atoms with E-state index >= 15 is 0 Å². The summed E-state index contributed by atoms with van der Waals surface area (Å²) >= 11 is 0. The Labute approximate surface area is 99.7 Å². The molecule has 3 rings (SSSR count). The van der Waals surface area contributed by atoms with Crippen molar-refractivity contribution in [2.24, 2.45) is 11.7 Å². The molecule has 0 bridgehead atoms. The molecule has 0 aliphatic heterocycles. The van der Waals surface area contributed by atoms with Crippen LogP contribution in [0.4, 0.5) is 0 Å². The summed E-state index contributed by atoms with van der Waals surface area (Å²) in [4.78, 5) is 11.9. The number of carbonyl (C=O) groups excluding carboxylic acids is 1. The Bertz CT molecular complexity index is 421. The second kappa shape index (κ2) is 4.14. The van der Waals surface area contributed by atoms with E-state index in [2.05, 4.69) is 10.5 Å². The first-order valence-corrected chi connectivity index (χ1v) is 6.25. The van der Waals surface area contributed by atoms with Crippen molar-refractivity contribution in [1.82, 2.24) is 10.5 Å². The minimum absolute atomic E-state index is 0.0866. The van der Waals surface area contributed by atoms with Gasteiger partial charge in [-0.1, -0.05) is 5.16 Å². The highest BCUT2D eigenvalue weighted by Crippen LogP contribution is 2.40. The SMILES string of the molecule is NCC(NC(=O)c1cc(C2CC2)on1)C1CC1. The molecule has 0 saturated heterocycles. The fourth-order valence-electron chi connectivity index (χ4n) is 2.07. The molecule has 5 heteroatoms. The van der Waals surface area contributed by atoms with Gasteiger partial charge in [0.15, 0.2) is 5.69 Å². The Kier molecular flexibility index (Phi) is 2.63. The van der Waals surface area contributed by atoms with Gasteiger partial charge in [0.05, 0.1) is 0 Å². The third-order valence-electron chi connectivity index (χ3n) is 3.50. The number of hydrogen-bond acceptors (Lipinski definition) is 4. The number of nitrogens with two attached hydrogens (primary N) is 1. The summed E-state index contributed by atoms with van der Waals surface area (Å²) in [5.41, 5.74) is 6.03. The fraction of sp³-hybridized carbons (Fsp3) is 0.667. The van der Waals surface area contributed by atoms with E-state index in [0.29, 0.717) is 24.1 Å². The maximum atomic E-state index is 11.9. The van der Waals surface area contributed by atoms with Crippen LogP contribution in [0.3, 0.4) is 0 Å². The topological polar surface area (TPSA) is 81.1 Å². The number of amides is 1. The maximum Gasteiger partial charge on any atom is 0.273 e. The van der Waals surface area contributed by atoms with E-state index < -0.39 is 0 Å². The largest absolute Gasteiger partial charge is 0.360 e. The minimum Gasteiger partial charge on any atom is -0.360 e. The number of nitrogens with zero attached hydrogens (tertiary/aromatic N) is 1. The molecule has 1 atom stereocenters. The Morgan fingerprint density at radius 2 is 2.29 bits per heavy atom. The van der Waals surface area contributed by atoms with Gasteiger partial charge in [-0.15, -0.1) is 0 Å². The van der Waals surface area contributed by atoms with Gasteiger partial charge in [0.1, 0.15) is 5.76 Å². The normalized spacial score (nSPS) is 21.2. The van der Waals surface area contributed by atoms with Crippen molar-refractivity contribution in [1.29, 1.82) is 0 Å². The van der Waals surface area contributed by atoms with Gasteiger partial charge in [-0.05, 0) is 31.6 Å². The summed E-state index contributed by atoms with van der Waals surface area (Å²) < 4.78 is 5.16. The van der Waals surface area contributed by atoms with Crippen molar-refractivity contribution in [2.45, 2.75) is 37.6 Å². The smallest absolute Gasteiger partial charge is 0.273 e. The van der Waals surface area contributed by atoms with E-state index in [4.69, 9.17) is 10.3 Å². The van der Waals surface area contributed by atoms with Crippen molar-refractivity contribution in [3.05, 3.63) is 17.5 Å². The molecule has 0 radical (unpaired) electrons. The lowest BCUT2D eigenvalue weighted by molar-refractivity contribution is 0.0924. The van der Waals surface area contributed by atoms with E-state index in [1.807, 2.05) is 0 Å². The zero-order valence-corrected chi connectivity index (χ0v) is 9.69. The number of aromatic nitrogens is 1. The van der Waals surface area contributed by atoms with E-state index in [0.717, 1.165) is 31.4 Å². The molecule has 2 aliphatic carbocycles. The number of nitrogens with one attached hydrogen (secondary N) is 1. The highest BCUT2D eigenvalue weighted by molar-refractivity contribution is 5.92. The van der Waals surface area contributed by atoms with Crippen molar-refractivity contribution in [3.8, 4) is 0 Å². The summed E-state index contributed by atoms with van der Waals surface area (Å²) in [7, 11) is 0. The van der Waals surface area contributed by atoms with Gasteiger partial charge >= 0.3 is 0 Å². The monoisotopic (exact) mass is 235 g/mol. The summed E-state index contributed by atoms with van der Waals surface area (Å²) in [6.45, 7) is 0.490. The molecular formula is C12H17N3O2. The summed E-state index contributed by atoms with van der Waals surface area (Å²) in [6, 6.07) is 1.84. The maximum absolute atomic E-state index is 11.9. The van der Waals surface area contributed by atoms with Gasteiger partial charge < -0.3 is 15.6 Å². The lowest BCUT2D eigenvalue weighted by Gasteiger charge is -2.14.